The van der Waals surface area contributed by atoms with Crippen LogP contribution < -0.4 is 5.32 Å². The number of aromatic nitrogens is 1. The van der Waals surface area contributed by atoms with E-state index in [2.05, 4.69) is 10.3 Å². The number of rotatable bonds is 3. The van der Waals surface area contributed by atoms with E-state index in [1.807, 2.05) is 0 Å². The number of ether oxygens (including phenoxy) is 1. The molecule has 1 aromatic rings. The van der Waals surface area contributed by atoms with Gasteiger partial charge in [0.1, 0.15) is 11.6 Å². The predicted octanol–water partition coefficient (Wildman–Crippen LogP) is 2.27. The number of carboxylic acid groups (broad SMARTS) is 1. The second-order valence-electron chi connectivity index (χ2n) is 5.14. The number of alkyl carbamates (subject to hydrolysis) is 1. The van der Waals surface area contributed by atoms with Crippen molar-refractivity contribution in [2.75, 3.05) is 0 Å². The molecular formula is C12H18N2O5. The van der Waals surface area contributed by atoms with Gasteiger partial charge in [0.25, 0.3) is 0 Å². The van der Waals surface area contributed by atoms with Crippen LogP contribution in [0.1, 0.15) is 55.9 Å². The zero-order valence-corrected chi connectivity index (χ0v) is 11.6. The zero-order valence-electron chi connectivity index (χ0n) is 11.6. The van der Waals surface area contributed by atoms with E-state index in [1.54, 1.807) is 27.7 Å². The molecule has 1 rings (SSSR count). The van der Waals surface area contributed by atoms with Crippen LogP contribution in [0.15, 0.2) is 4.42 Å². The predicted molar refractivity (Wildman–Crippen MR) is 66.0 cm³/mol. The van der Waals surface area contributed by atoms with E-state index in [0.29, 0.717) is 0 Å². The average Bonchev–Trinajstić information content (AvgIpc) is 2.57. The summed E-state index contributed by atoms with van der Waals surface area (Å²) in [5, 5.41) is 11.4. The number of nitrogens with one attached hydrogen (secondary N) is 1. The number of nitrogens with zero attached hydrogens (tertiary/aromatic N) is 1. The highest BCUT2D eigenvalue weighted by Crippen LogP contribution is 2.17. The van der Waals surface area contributed by atoms with Crippen molar-refractivity contribution >= 4 is 12.1 Å². The van der Waals surface area contributed by atoms with Crippen LogP contribution in [0.4, 0.5) is 4.79 Å². The fraction of sp³-hybridized carbons (Fsp3) is 0.583. The minimum atomic E-state index is -1.19. The van der Waals surface area contributed by atoms with Crippen LogP contribution in [-0.2, 0) is 4.74 Å². The lowest BCUT2D eigenvalue weighted by Crippen LogP contribution is -2.34. The molecule has 0 saturated heterocycles. The van der Waals surface area contributed by atoms with Gasteiger partial charge in [0.2, 0.25) is 11.7 Å². The maximum absolute atomic E-state index is 11.5. The fourth-order valence-corrected chi connectivity index (χ4v) is 1.35. The Bertz CT molecular complexity index is 487. The van der Waals surface area contributed by atoms with Crippen molar-refractivity contribution in [2.24, 2.45) is 0 Å². The first-order valence-corrected chi connectivity index (χ1v) is 5.80. The Hall–Kier alpha value is -2.05. The fourth-order valence-electron chi connectivity index (χ4n) is 1.35. The van der Waals surface area contributed by atoms with E-state index in [4.69, 9.17) is 14.3 Å². The van der Waals surface area contributed by atoms with Gasteiger partial charge in [0, 0.05) is 0 Å². The Labute approximate surface area is 111 Å². The SMILES string of the molecule is Cc1nc([C@@H](C)NC(=O)OC(C)(C)C)oc1C(=O)O. The molecule has 0 aliphatic rings. The summed E-state index contributed by atoms with van der Waals surface area (Å²) >= 11 is 0. The molecule has 19 heavy (non-hydrogen) atoms. The van der Waals surface area contributed by atoms with Gasteiger partial charge in [-0.1, -0.05) is 0 Å². The lowest BCUT2D eigenvalue weighted by molar-refractivity contribution is 0.0500. The molecule has 0 aliphatic heterocycles. The first-order chi connectivity index (χ1) is 8.60. The van der Waals surface area contributed by atoms with Crippen LogP contribution in [0.2, 0.25) is 0 Å². The van der Waals surface area contributed by atoms with Crippen molar-refractivity contribution < 1.29 is 23.8 Å². The molecule has 1 amide bonds. The van der Waals surface area contributed by atoms with Crippen molar-refractivity contribution in [3.8, 4) is 0 Å². The van der Waals surface area contributed by atoms with Crippen LogP contribution in [0, 0.1) is 6.92 Å². The lowest BCUT2D eigenvalue weighted by Gasteiger charge is -2.20. The van der Waals surface area contributed by atoms with Gasteiger partial charge in [-0.05, 0) is 34.6 Å². The van der Waals surface area contributed by atoms with Gasteiger partial charge in [-0.15, -0.1) is 0 Å². The molecule has 1 aromatic heterocycles. The second kappa shape index (κ2) is 5.29. The third-order valence-electron chi connectivity index (χ3n) is 2.11. The highest BCUT2D eigenvalue weighted by atomic mass is 16.6. The van der Waals surface area contributed by atoms with Crippen molar-refractivity contribution in [3.05, 3.63) is 17.3 Å². The summed E-state index contributed by atoms with van der Waals surface area (Å²) in [6.45, 7) is 8.39. The Morgan fingerprint density at radius 3 is 2.42 bits per heavy atom. The molecule has 1 heterocycles. The van der Waals surface area contributed by atoms with Crippen LogP contribution >= 0.6 is 0 Å². The molecule has 0 aliphatic carbocycles. The molecule has 106 valence electrons. The number of carbonyl (C=O) groups excluding carboxylic acids is 1. The molecule has 7 nitrogen and oxygen atoms in total. The summed E-state index contributed by atoms with van der Waals surface area (Å²) in [7, 11) is 0. The molecule has 1 atom stereocenters. The smallest absolute Gasteiger partial charge is 0.408 e. The van der Waals surface area contributed by atoms with E-state index < -0.39 is 23.7 Å². The summed E-state index contributed by atoms with van der Waals surface area (Å²) < 4.78 is 10.2. The zero-order chi connectivity index (χ0) is 14.8. The van der Waals surface area contributed by atoms with E-state index in [9.17, 15) is 9.59 Å². The van der Waals surface area contributed by atoms with Crippen molar-refractivity contribution in [1.82, 2.24) is 10.3 Å². The third kappa shape index (κ3) is 4.27. The van der Waals surface area contributed by atoms with E-state index in [-0.39, 0.29) is 17.3 Å². The topological polar surface area (TPSA) is 102 Å². The van der Waals surface area contributed by atoms with Crippen molar-refractivity contribution in [2.45, 2.75) is 46.3 Å². The van der Waals surface area contributed by atoms with Crippen LogP contribution in [0.25, 0.3) is 0 Å². The molecule has 0 saturated carbocycles. The Morgan fingerprint density at radius 2 is 2.00 bits per heavy atom. The Balaban J connectivity index is 2.73. The monoisotopic (exact) mass is 270 g/mol. The third-order valence-corrected chi connectivity index (χ3v) is 2.11. The minimum Gasteiger partial charge on any atom is -0.475 e. The van der Waals surface area contributed by atoms with E-state index >= 15 is 0 Å². The quantitative estimate of drug-likeness (QED) is 0.873. The summed E-state index contributed by atoms with van der Waals surface area (Å²) in [6.07, 6.45) is -0.618. The molecule has 7 heteroatoms. The number of carboxylic acids is 1. The van der Waals surface area contributed by atoms with Gasteiger partial charge >= 0.3 is 12.1 Å². The number of hydrogen-bond acceptors (Lipinski definition) is 5. The summed E-state index contributed by atoms with van der Waals surface area (Å²) in [6, 6.07) is -0.582. The van der Waals surface area contributed by atoms with Crippen molar-refractivity contribution in [1.29, 1.82) is 0 Å². The number of oxazole rings is 1. The number of amides is 1. The van der Waals surface area contributed by atoms with Gasteiger partial charge < -0.3 is 19.6 Å². The Morgan fingerprint density at radius 1 is 1.42 bits per heavy atom. The standard InChI is InChI=1S/C12H18N2O5/c1-6-8(10(15)16)18-9(13-6)7(2)14-11(17)19-12(3,4)5/h7H,1-5H3,(H,14,17)(H,15,16)/t7-/m1/s1. The maximum Gasteiger partial charge on any atom is 0.408 e. The van der Waals surface area contributed by atoms with Crippen molar-refractivity contribution in [3.63, 3.8) is 0 Å². The van der Waals surface area contributed by atoms with Gasteiger partial charge in [0.15, 0.2) is 0 Å². The number of aryl methyl sites for hydroxylation is 1. The van der Waals surface area contributed by atoms with Gasteiger partial charge in [0.05, 0.1) is 5.69 Å². The largest absolute Gasteiger partial charge is 0.475 e. The molecule has 0 bridgehead atoms. The number of aromatic carboxylic acids is 1. The first-order valence-electron chi connectivity index (χ1n) is 5.80. The average molecular weight is 270 g/mol. The second-order valence-corrected chi connectivity index (χ2v) is 5.14. The summed E-state index contributed by atoms with van der Waals surface area (Å²) in [5.74, 6) is -1.30. The summed E-state index contributed by atoms with van der Waals surface area (Å²) in [4.78, 5) is 26.3. The van der Waals surface area contributed by atoms with Crippen LogP contribution in [0.5, 0.6) is 0 Å². The van der Waals surface area contributed by atoms with Crippen LogP contribution in [0.3, 0.4) is 0 Å². The van der Waals surface area contributed by atoms with E-state index in [0.717, 1.165) is 0 Å². The maximum atomic E-state index is 11.5. The summed E-state index contributed by atoms with van der Waals surface area (Å²) in [5.41, 5.74) is -0.344. The molecule has 0 radical (unpaired) electrons. The molecule has 0 aromatic carbocycles. The molecule has 2 N–H and O–H groups in total. The highest BCUT2D eigenvalue weighted by molar-refractivity contribution is 5.85. The van der Waals surface area contributed by atoms with E-state index in [1.165, 1.54) is 6.92 Å². The molecule has 0 fully saturated rings. The molecule has 0 unspecified atom stereocenters. The van der Waals surface area contributed by atoms with Gasteiger partial charge in [-0.25, -0.2) is 14.6 Å². The highest BCUT2D eigenvalue weighted by Gasteiger charge is 2.23. The lowest BCUT2D eigenvalue weighted by atomic mass is 10.2. The normalized spacial score (nSPS) is 12.9. The Kier molecular flexibility index (Phi) is 4.18. The van der Waals surface area contributed by atoms with Gasteiger partial charge in [-0.2, -0.15) is 0 Å². The molecular weight excluding hydrogens is 252 g/mol. The number of carbonyl (C=O) groups is 2. The number of hydrogen-bond donors (Lipinski definition) is 2. The first kappa shape index (κ1) is 15.0. The van der Waals surface area contributed by atoms with Crippen LogP contribution in [-0.4, -0.2) is 27.8 Å². The van der Waals surface area contributed by atoms with Gasteiger partial charge in [-0.3, -0.25) is 0 Å². The minimum absolute atomic E-state index is 0.126. The molecule has 0 spiro atoms.